The van der Waals surface area contributed by atoms with E-state index < -0.39 is 16.1 Å². The van der Waals surface area contributed by atoms with E-state index >= 15 is 0 Å². The van der Waals surface area contributed by atoms with Crippen molar-refractivity contribution in [3.05, 3.63) is 18.2 Å². The average Bonchev–Trinajstić information content (AvgIpc) is 2.74. The first kappa shape index (κ1) is 24.6. The van der Waals surface area contributed by atoms with Gasteiger partial charge in [0.15, 0.2) is 0 Å². The molecule has 0 saturated carbocycles. The van der Waals surface area contributed by atoms with Gasteiger partial charge in [-0.05, 0) is 51.3 Å². The van der Waals surface area contributed by atoms with Gasteiger partial charge in [-0.15, -0.1) is 0 Å². The summed E-state index contributed by atoms with van der Waals surface area (Å²) < 4.78 is 43.9. The Bertz CT molecular complexity index is 789. The van der Waals surface area contributed by atoms with Crippen molar-refractivity contribution >= 4 is 21.6 Å². The molecule has 8 nitrogen and oxygen atoms in total. The lowest BCUT2D eigenvalue weighted by molar-refractivity contribution is -0.130. The summed E-state index contributed by atoms with van der Waals surface area (Å²) in [4.78, 5) is 12.8. The zero-order valence-electron chi connectivity index (χ0n) is 18.3. The molecule has 30 heavy (non-hydrogen) atoms. The molecule has 0 bridgehead atoms. The monoisotopic (exact) mass is 442 g/mol. The van der Waals surface area contributed by atoms with Crippen molar-refractivity contribution < 1.29 is 27.4 Å². The summed E-state index contributed by atoms with van der Waals surface area (Å²) in [7, 11) is -3.66. The molecule has 0 aliphatic carbocycles. The molecule has 0 spiro atoms. The summed E-state index contributed by atoms with van der Waals surface area (Å²) in [6.45, 7) is 9.24. The minimum atomic E-state index is -3.66. The first-order chi connectivity index (χ1) is 14.3. The van der Waals surface area contributed by atoms with Crippen LogP contribution in [-0.2, 0) is 24.3 Å². The third-order valence-electron chi connectivity index (χ3n) is 5.03. The van der Waals surface area contributed by atoms with Crippen molar-refractivity contribution in [1.29, 1.82) is 0 Å². The largest absolute Gasteiger partial charge is 0.492 e. The molecule has 1 aromatic rings. The van der Waals surface area contributed by atoms with Crippen molar-refractivity contribution in [2.75, 3.05) is 38.2 Å². The Morgan fingerprint density at radius 3 is 2.60 bits per heavy atom. The molecule has 1 saturated heterocycles. The van der Waals surface area contributed by atoms with Crippen LogP contribution < -0.4 is 10.1 Å². The third kappa shape index (κ3) is 6.41. The fraction of sp³-hybridized carbons (Fsp3) is 0.667. The molecular weight excluding hydrogens is 408 g/mol. The molecule has 2 rings (SSSR count). The normalized spacial score (nSPS) is 18.2. The highest BCUT2D eigenvalue weighted by Crippen LogP contribution is 2.29. The molecule has 2 atom stereocenters. The van der Waals surface area contributed by atoms with E-state index in [1.165, 1.54) is 16.4 Å². The molecule has 1 aliphatic heterocycles. The zero-order valence-corrected chi connectivity index (χ0v) is 19.2. The maximum Gasteiger partial charge on any atom is 0.253 e. The van der Waals surface area contributed by atoms with Crippen molar-refractivity contribution in [1.82, 2.24) is 4.31 Å². The number of nitrogens with zero attached hydrogens (tertiary/aromatic N) is 1. The van der Waals surface area contributed by atoms with Gasteiger partial charge in [-0.2, -0.15) is 4.31 Å². The quantitative estimate of drug-likeness (QED) is 0.566. The topological polar surface area (TPSA) is 94.2 Å². The number of ether oxygens (including phenoxy) is 3. The van der Waals surface area contributed by atoms with E-state index in [9.17, 15) is 13.2 Å². The number of anilines is 1. The summed E-state index contributed by atoms with van der Waals surface area (Å²) in [5, 5.41) is 2.76. The van der Waals surface area contributed by atoms with Crippen LogP contribution in [0, 0.1) is 0 Å². The van der Waals surface area contributed by atoms with Gasteiger partial charge < -0.3 is 19.5 Å². The number of hydrogen-bond donors (Lipinski definition) is 1. The first-order valence-corrected chi connectivity index (χ1v) is 12.1. The van der Waals surface area contributed by atoms with Gasteiger partial charge in [-0.25, -0.2) is 8.42 Å². The second-order valence-corrected chi connectivity index (χ2v) is 9.07. The molecule has 9 heteroatoms. The van der Waals surface area contributed by atoms with Crippen molar-refractivity contribution in [3.8, 4) is 5.75 Å². The Kier molecular flexibility index (Phi) is 9.54. The maximum atomic E-state index is 12.8. The second kappa shape index (κ2) is 11.6. The highest BCUT2D eigenvalue weighted by molar-refractivity contribution is 7.89. The third-order valence-corrected chi connectivity index (χ3v) is 7.07. The van der Waals surface area contributed by atoms with E-state index in [-0.39, 0.29) is 16.9 Å². The number of hydrogen-bond acceptors (Lipinski definition) is 6. The molecule has 170 valence electrons. The molecule has 0 aromatic heterocycles. The van der Waals surface area contributed by atoms with Gasteiger partial charge in [0.2, 0.25) is 10.0 Å². The molecule has 1 N–H and O–H groups in total. The van der Waals surface area contributed by atoms with Crippen LogP contribution in [0.1, 0.15) is 47.0 Å². The van der Waals surface area contributed by atoms with E-state index in [2.05, 4.69) is 5.32 Å². The lowest BCUT2D eigenvalue weighted by atomic mass is 10.1. The standard InChI is InChI=1S/C21H34N2O6S/c1-5-23(6-2)30(25,26)18-11-12-20(27-7-3)19(14-18)22-21(24)16(4)29-15-17-10-8-9-13-28-17/h11-12,14,16-17H,5-10,13,15H2,1-4H3,(H,22,24). The highest BCUT2D eigenvalue weighted by Gasteiger charge is 2.24. The summed E-state index contributed by atoms with van der Waals surface area (Å²) in [6, 6.07) is 4.50. The van der Waals surface area contributed by atoms with Crippen LogP contribution in [0.3, 0.4) is 0 Å². The fourth-order valence-electron chi connectivity index (χ4n) is 3.26. The molecular formula is C21H34N2O6S. The Hall–Kier alpha value is -1.68. The molecule has 1 aliphatic rings. The van der Waals surface area contributed by atoms with Gasteiger partial charge in [-0.3, -0.25) is 4.79 Å². The minimum Gasteiger partial charge on any atom is -0.492 e. The number of rotatable bonds is 11. The zero-order chi connectivity index (χ0) is 22.1. The lowest BCUT2D eigenvalue weighted by Crippen LogP contribution is -2.33. The molecule has 1 fully saturated rings. The number of benzene rings is 1. The molecule has 1 aromatic carbocycles. The number of carbonyl (C=O) groups excluding carboxylic acids is 1. The predicted molar refractivity (Wildman–Crippen MR) is 115 cm³/mol. The predicted octanol–water partition coefficient (Wildman–Crippen LogP) is 3.03. The van der Waals surface area contributed by atoms with Crippen molar-refractivity contribution in [2.45, 2.75) is 64.1 Å². The Morgan fingerprint density at radius 1 is 1.27 bits per heavy atom. The summed E-state index contributed by atoms with van der Waals surface area (Å²) in [5.74, 6) is 0.0383. The van der Waals surface area contributed by atoms with E-state index in [4.69, 9.17) is 14.2 Å². The van der Waals surface area contributed by atoms with Crippen LogP contribution >= 0.6 is 0 Å². The summed E-state index contributed by atoms with van der Waals surface area (Å²) in [6.07, 6.45) is 2.37. The Morgan fingerprint density at radius 2 is 2.00 bits per heavy atom. The minimum absolute atomic E-state index is 0.00975. The highest BCUT2D eigenvalue weighted by atomic mass is 32.2. The van der Waals surface area contributed by atoms with Gasteiger partial charge in [-0.1, -0.05) is 13.8 Å². The number of carbonyl (C=O) groups is 1. The molecule has 0 radical (unpaired) electrons. The van der Waals surface area contributed by atoms with Crippen molar-refractivity contribution in [2.24, 2.45) is 0 Å². The van der Waals surface area contributed by atoms with Crippen LogP contribution in [-0.4, -0.2) is 63.7 Å². The number of sulfonamides is 1. The average molecular weight is 443 g/mol. The van der Waals surface area contributed by atoms with Gasteiger partial charge in [0.25, 0.3) is 5.91 Å². The van der Waals surface area contributed by atoms with E-state index in [1.807, 2.05) is 6.92 Å². The Labute approximate surface area is 179 Å². The number of amides is 1. The van der Waals surface area contributed by atoms with Crippen LogP contribution in [0.2, 0.25) is 0 Å². The van der Waals surface area contributed by atoms with Crippen LogP contribution in [0.4, 0.5) is 5.69 Å². The maximum absolute atomic E-state index is 12.8. The van der Waals surface area contributed by atoms with Crippen molar-refractivity contribution in [3.63, 3.8) is 0 Å². The van der Waals surface area contributed by atoms with Gasteiger partial charge in [0, 0.05) is 19.7 Å². The summed E-state index contributed by atoms with van der Waals surface area (Å²) in [5.41, 5.74) is 0.305. The Balaban J connectivity index is 2.14. The molecule has 2 unspecified atom stereocenters. The van der Waals surface area contributed by atoms with E-state index in [0.29, 0.717) is 37.7 Å². The van der Waals surface area contributed by atoms with E-state index in [1.54, 1.807) is 26.8 Å². The molecule has 1 heterocycles. The van der Waals surface area contributed by atoms with Gasteiger partial charge in [0.05, 0.1) is 29.9 Å². The van der Waals surface area contributed by atoms with E-state index in [0.717, 1.165) is 25.9 Å². The number of nitrogens with one attached hydrogen (secondary N) is 1. The van der Waals surface area contributed by atoms with Gasteiger partial charge >= 0.3 is 0 Å². The lowest BCUT2D eigenvalue weighted by Gasteiger charge is -2.24. The van der Waals surface area contributed by atoms with Crippen LogP contribution in [0.5, 0.6) is 5.75 Å². The van der Waals surface area contributed by atoms with Crippen LogP contribution in [0.25, 0.3) is 0 Å². The van der Waals surface area contributed by atoms with Crippen LogP contribution in [0.15, 0.2) is 23.1 Å². The smallest absolute Gasteiger partial charge is 0.253 e. The first-order valence-electron chi connectivity index (χ1n) is 10.6. The second-order valence-electron chi connectivity index (χ2n) is 7.13. The SMILES string of the molecule is CCOc1ccc(S(=O)(=O)N(CC)CC)cc1NC(=O)C(C)OCC1CCCCO1. The summed E-state index contributed by atoms with van der Waals surface area (Å²) >= 11 is 0. The van der Waals surface area contributed by atoms with Gasteiger partial charge in [0.1, 0.15) is 11.9 Å². The molecule has 1 amide bonds. The fourth-order valence-corrected chi connectivity index (χ4v) is 4.75.